The third kappa shape index (κ3) is 5.70. The zero-order chi connectivity index (χ0) is 24.3. The molecule has 2 fully saturated rings. The molecular formula is C23H28ClN3O6S. The Morgan fingerprint density at radius 2 is 1.59 bits per heavy atom. The second-order valence-corrected chi connectivity index (χ2v) is 10.6. The highest BCUT2D eigenvalue weighted by atomic mass is 35.5. The van der Waals surface area contributed by atoms with Crippen molar-refractivity contribution in [2.24, 2.45) is 0 Å². The lowest BCUT2D eigenvalue weighted by molar-refractivity contribution is -0.135. The monoisotopic (exact) mass is 509 g/mol. The molecule has 2 aromatic rings. The fourth-order valence-corrected chi connectivity index (χ4v) is 5.38. The van der Waals surface area contributed by atoms with E-state index in [4.69, 9.17) is 16.3 Å². The molecule has 184 valence electrons. The number of aliphatic hydroxyl groups excluding tert-OH is 2. The predicted molar refractivity (Wildman–Crippen MR) is 127 cm³/mol. The van der Waals surface area contributed by atoms with Crippen LogP contribution in [0.2, 0.25) is 5.02 Å². The van der Waals surface area contributed by atoms with Crippen molar-refractivity contribution in [3.63, 3.8) is 0 Å². The van der Waals surface area contributed by atoms with Crippen LogP contribution in [0, 0.1) is 0 Å². The summed E-state index contributed by atoms with van der Waals surface area (Å²) in [7, 11) is -3.85. The zero-order valence-electron chi connectivity index (χ0n) is 18.5. The number of nitrogens with zero attached hydrogens (tertiary/aromatic N) is 2. The lowest BCUT2D eigenvalue weighted by Crippen LogP contribution is -2.49. The van der Waals surface area contributed by atoms with E-state index in [0.29, 0.717) is 31.2 Å². The average Bonchev–Trinajstić information content (AvgIpc) is 3.11. The Hall–Kier alpha value is -2.21. The average molecular weight is 510 g/mol. The number of nitrogens with one attached hydrogen (secondary N) is 1. The molecule has 3 N–H and O–H groups in total. The number of hydrogen-bond donors (Lipinski definition) is 3. The summed E-state index contributed by atoms with van der Waals surface area (Å²) in [6, 6.07) is 15.6. The fraction of sp³-hybridized carbons (Fsp3) is 0.435. The molecule has 2 aliphatic heterocycles. The maximum atomic E-state index is 12.8. The molecule has 2 aromatic carbocycles. The third-order valence-electron chi connectivity index (χ3n) is 6.19. The first-order chi connectivity index (χ1) is 16.2. The number of aliphatic hydroxyl groups is 2. The summed E-state index contributed by atoms with van der Waals surface area (Å²) in [5, 5.41) is 21.2. The van der Waals surface area contributed by atoms with Crippen LogP contribution < -0.4 is 9.62 Å². The van der Waals surface area contributed by atoms with Gasteiger partial charge >= 0.3 is 0 Å². The van der Waals surface area contributed by atoms with Crippen LogP contribution in [0.15, 0.2) is 59.5 Å². The van der Waals surface area contributed by atoms with Crippen molar-refractivity contribution in [3.05, 3.63) is 59.6 Å². The SMILES string of the molecule is O=C(C[C@@H]1O[C@H](CNS(=O)(=O)c2ccc(Cl)cc2)[C@@H](O)[C@H]1O)N1CCN(c2ccccc2)CC1. The van der Waals surface area contributed by atoms with Crippen molar-refractivity contribution < 1.29 is 28.2 Å². The molecule has 0 saturated carbocycles. The Kier molecular flexibility index (Phi) is 7.76. The molecule has 2 saturated heterocycles. The van der Waals surface area contributed by atoms with Crippen LogP contribution in [0.4, 0.5) is 5.69 Å². The number of para-hydroxylation sites is 1. The molecule has 0 spiro atoms. The van der Waals surface area contributed by atoms with Gasteiger partial charge in [-0.3, -0.25) is 4.79 Å². The summed E-state index contributed by atoms with van der Waals surface area (Å²) in [5.74, 6) is -0.175. The molecule has 0 radical (unpaired) electrons. The van der Waals surface area contributed by atoms with Crippen LogP contribution in [0.25, 0.3) is 0 Å². The summed E-state index contributed by atoms with van der Waals surface area (Å²) in [4.78, 5) is 16.7. The minimum Gasteiger partial charge on any atom is -0.388 e. The Morgan fingerprint density at radius 1 is 0.971 bits per heavy atom. The lowest BCUT2D eigenvalue weighted by Gasteiger charge is -2.36. The molecule has 11 heteroatoms. The van der Waals surface area contributed by atoms with Crippen LogP contribution in [-0.4, -0.2) is 86.6 Å². The topological polar surface area (TPSA) is 119 Å². The minimum absolute atomic E-state index is 0.0197. The van der Waals surface area contributed by atoms with E-state index in [9.17, 15) is 23.4 Å². The van der Waals surface area contributed by atoms with Gasteiger partial charge < -0.3 is 24.7 Å². The maximum absolute atomic E-state index is 12.8. The fourth-order valence-electron chi connectivity index (χ4n) is 4.21. The van der Waals surface area contributed by atoms with Crippen LogP contribution >= 0.6 is 11.6 Å². The van der Waals surface area contributed by atoms with Crippen molar-refractivity contribution in [2.75, 3.05) is 37.6 Å². The third-order valence-corrected chi connectivity index (χ3v) is 7.88. The smallest absolute Gasteiger partial charge is 0.240 e. The zero-order valence-corrected chi connectivity index (χ0v) is 20.0. The van der Waals surface area contributed by atoms with Crippen molar-refractivity contribution in [1.82, 2.24) is 9.62 Å². The number of benzene rings is 2. The van der Waals surface area contributed by atoms with Crippen molar-refractivity contribution in [1.29, 1.82) is 0 Å². The molecule has 2 heterocycles. The Labute approximate surface area is 203 Å². The van der Waals surface area contributed by atoms with E-state index < -0.39 is 34.4 Å². The summed E-state index contributed by atoms with van der Waals surface area (Å²) in [5.41, 5.74) is 1.11. The Morgan fingerprint density at radius 3 is 2.24 bits per heavy atom. The summed E-state index contributed by atoms with van der Waals surface area (Å²) in [6.07, 6.45) is -4.60. The van der Waals surface area contributed by atoms with Crippen LogP contribution in [-0.2, 0) is 19.6 Å². The Bertz CT molecular complexity index is 1080. The summed E-state index contributed by atoms with van der Waals surface area (Å²) < 4.78 is 33.0. The number of sulfonamides is 1. The minimum atomic E-state index is -3.85. The molecule has 0 aliphatic carbocycles. The predicted octanol–water partition coefficient (Wildman–Crippen LogP) is 0.846. The van der Waals surface area contributed by atoms with E-state index in [1.165, 1.54) is 24.3 Å². The second-order valence-electron chi connectivity index (χ2n) is 8.41. The van der Waals surface area contributed by atoms with Crippen molar-refractivity contribution in [2.45, 2.75) is 35.7 Å². The van der Waals surface area contributed by atoms with E-state index in [0.717, 1.165) is 5.69 Å². The normalized spacial score (nSPS) is 25.5. The largest absolute Gasteiger partial charge is 0.388 e. The molecule has 0 bridgehead atoms. The molecule has 34 heavy (non-hydrogen) atoms. The molecule has 1 amide bonds. The Balaban J connectivity index is 1.28. The number of anilines is 1. The standard InChI is InChI=1S/C23H28ClN3O6S/c24-16-6-8-18(9-7-16)34(31,32)25-15-20-23(30)22(29)19(33-20)14-21(28)27-12-10-26(11-13-27)17-4-2-1-3-5-17/h1-9,19-20,22-23,25,29-30H,10-15H2/t19-,20+,22-,23+/m0/s1. The lowest BCUT2D eigenvalue weighted by atomic mass is 10.0. The number of carbonyl (C=O) groups is 1. The number of ether oxygens (including phenoxy) is 1. The van der Waals surface area contributed by atoms with Gasteiger partial charge in [-0.05, 0) is 36.4 Å². The van der Waals surface area contributed by atoms with Crippen molar-refractivity contribution in [3.8, 4) is 0 Å². The van der Waals surface area contributed by atoms with E-state index in [2.05, 4.69) is 9.62 Å². The van der Waals surface area contributed by atoms with Crippen LogP contribution in [0.1, 0.15) is 6.42 Å². The number of hydrogen-bond acceptors (Lipinski definition) is 7. The first-order valence-corrected chi connectivity index (χ1v) is 13.0. The van der Waals surface area contributed by atoms with E-state index >= 15 is 0 Å². The molecule has 4 rings (SSSR count). The maximum Gasteiger partial charge on any atom is 0.240 e. The number of rotatable bonds is 7. The number of piperazine rings is 1. The van der Waals surface area contributed by atoms with Gasteiger partial charge in [-0.25, -0.2) is 13.1 Å². The quantitative estimate of drug-likeness (QED) is 0.506. The second kappa shape index (κ2) is 10.6. The highest BCUT2D eigenvalue weighted by Gasteiger charge is 2.44. The van der Waals surface area contributed by atoms with Crippen LogP contribution in [0.5, 0.6) is 0 Å². The molecular weight excluding hydrogens is 482 g/mol. The van der Waals surface area contributed by atoms with Gasteiger partial charge in [0.2, 0.25) is 15.9 Å². The van der Waals surface area contributed by atoms with Gasteiger partial charge in [0.15, 0.2) is 0 Å². The van der Waals surface area contributed by atoms with E-state index in [-0.39, 0.29) is 23.8 Å². The first-order valence-electron chi connectivity index (χ1n) is 11.1. The number of carbonyl (C=O) groups excluding carboxylic acids is 1. The van der Waals surface area contributed by atoms with Crippen LogP contribution in [0.3, 0.4) is 0 Å². The van der Waals surface area contributed by atoms with Gasteiger partial charge in [-0.2, -0.15) is 0 Å². The van der Waals surface area contributed by atoms with Gasteiger partial charge in [0, 0.05) is 43.4 Å². The highest BCUT2D eigenvalue weighted by Crippen LogP contribution is 2.25. The van der Waals surface area contributed by atoms with E-state index in [1.54, 1.807) is 4.90 Å². The van der Waals surface area contributed by atoms with Gasteiger partial charge in [0.05, 0.1) is 17.4 Å². The highest BCUT2D eigenvalue weighted by molar-refractivity contribution is 7.89. The van der Waals surface area contributed by atoms with Gasteiger partial charge in [0.25, 0.3) is 0 Å². The number of amides is 1. The molecule has 4 atom stereocenters. The molecule has 2 aliphatic rings. The van der Waals surface area contributed by atoms with E-state index in [1.807, 2.05) is 30.3 Å². The first kappa shape index (κ1) is 24.9. The summed E-state index contributed by atoms with van der Waals surface area (Å²) in [6.45, 7) is 2.24. The number of halogens is 1. The van der Waals surface area contributed by atoms with Gasteiger partial charge in [0.1, 0.15) is 18.3 Å². The van der Waals surface area contributed by atoms with Crippen molar-refractivity contribution >= 4 is 33.2 Å². The molecule has 9 nitrogen and oxygen atoms in total. The molecule has 0 unspecified atom stereocenters. The molecule has 0 aromatic heterocycles. The summed E-state index contributed by atoms with van der Waals surface area (Å²) >= 11 is 5.80. The van der Waals surface area contributed by atoms with Gasteiger partial charge in [-0.1, -0.05) is 29.8 Å². The van der Waals surface area contributed by atoms with Gasteiger partial charge in [-0.15, -0.1) is 0 Å².